The number of piperidine rings is 1. The number of nitrogens with one attached hydrogen (secondary N) is 1. The molecule has 4 nitrogen and oxygen atoms in total. The number of aryl methyl sites for hydroxylation is 1. The van der Waals surface area contributed by atoms with Gasteiger partial charge in [0.15, 0.2) is 0 Å². The molecule has 0 radical (unpaired) electrons. The minimum absolute atomic E-state index is 0.105. The second-order valence-corrected chi connectivity index (χ2v) is 7.11. The number of amides is 1. The van der Waals surface area contributed by atoms with Crippen LogP contribution < -0.4 is 0 Å². The number of fused-ring (bicyclic) bond motifs is 1. The summed E-state index contributed by atoms with van der Waals surface area (Å²) < 4.78 is 0. The second-order valence-electron chi connectivity index (χ2n) is 6.67. The Hall–Kier alpha value is -2.33. The maximum atomic E-state index is 12.8. The highest BCUT2D eigenvalue weighted by atomic mass is 35.5. The summed E-state index contributed by atoms with van der Waals surface area (Å²) in [6.45, 7) is 3.49. The summed E-state index contributed by atoms with van der Waals surface area (Å²) >= 11 is 6.00. The third kappa shape index (κ3) is 3.02. The van der Waals surface area contributed by atoms with E-state index in [-0.39, 0.29) is 5.91 Å². The predicted molar refractivity (Wildman–Crippen MR) is 100 cm³/mol. The molecule has 3 heterocycles. The van der Waals surface area contributed by atoms with E-state index in [4.69, 9.17) is 11.6 Å². The molecule has 0 saturated carbocycles. The van der Waals surface area contributed by atoms with Crippen LogP contribution in [0.2, 0.25) is 5.02 Å². The van der Waals surface area contributed by atoms with E-state index >= 15 is 0 Å². The molecule has 3 aromatic rings. The summed E-state index contributed by atoms with van der Waals surface area (Å²) in [4.78, 5) is 22.4. The normalized spacial score (nSPS) is 15.7. The number of likely N-dealkylation sites (tertiary alicyclic amines) is 1. The Labute approximate surface area is 151 Å². The molecule has 1 saturated heterocycles. The van der Waals surface area contributed by atoms with Crippen molar-refractivity contribution >= 4 is 28.5 Å². The summed E-state index contributed by atoms with van der Waals surface area (Å²) in [5.41, 5.74) is 3.94. The van der Waals surface area contributed by atoms with Gasteiger partial charge in [0.25, 0.3) is 5.91 Å². The molecule has 0 spiro atoms. The van der Waals surface area contributed by atoms with Crippen LogP contribution in [0.15, 0.2) is 42.7 Å². The fourth-order valence-electron chi connectivity index (χ4n) is 3.75. The second kappa shape index (κ2) is 6.52. The molecule has 0 unspecified atom stereocenters. The number of carbonyl (C=O) groups is 1. The summed E-state index contributed by atoms with van der Waals surface area (Å²) in [6, 6.07) is 9.55. The summed E-state index contributed by atoms with van der Waals surface area (Å²) in [6.07, 6.45) is 5.82. The molecule has 0 aliphatic carbocycles. The smallest absolute Gasteiger partial charge is 0.254 e. The molecular weight excluding hydrogens is 334 g/mol. The van der Waals surface area contributed by atoms with Crippen LogP contribution in [-0.2, 0) is 0 Å². The number of hydrogen-bond donors (Lipinski definition) is 1. The van der Waals surface area contributed by atoms with Crippen LogP contribution in [0, 0.1) is 6.92 Å². The minimum atomic E-state index is 0.105. The van der Waals surface area contributed by atoms with E-state index < -0.39 is 0 Å². The molecule has 2 aromatic heterocycles. The molecule has 1 N–H and O–H groups in total. The Morgan fingerprint density at radius 3 is 2.84 bits per heavy atom. The predicted octanol–water partition coefficient (Wildman–Crippen LogP) is 4.54. The standard InChI is InChI=1S/C20H20ClN3O/c1-13-11-15(21)4-5-16(13)20(25)24-9-6-14(7-10-24)18-12-23-19-17(18)3-2-8-22-19/h2-5,8,11-12,14H,6-7,9-10H2,1H3,(H,22,23). The number of H-pyrrole nitrogens is 1. The Bertz CT molecular complexity index is 926. The van der Waals surface area contributed by atoms with E-state index in [2.05, 4.69) is 22.2 Å². The topological polar surface area (TPSA) is 49.0 Å². The van der Waals surface area contributed by atoms with Gasteiger partial charge in [0.05, 0.1) is 0 Å². The summed E-state index contributed by atoms with van der Waals surface area (Å²) in [5, 5.41) is 1.86. The Morgan fingerprint density at radius 1 is 1.28 bits per heavy atom. The van der Waals surface area contributed by atoms with Crippen LogP contribution >= 0.6 is 11.6 Å². The van der Waals surface area contributed by atoms with Crippen molar-refractivity contribution in [1.82, 2.24) is 14.9 Å². The van der Waals surface area contributed by atoms with E-state index in [1.165, 1.54) is 10.9 Å². The molecule has 128 valence electrons. The van der Waals surface area contributed by atoms with Crippen molar-refractivity contribution in [1.29, 1.82) is 0 Å². The van der Waals surface area contributed by atoms with Crippen LogP contribution in [-0.4, -0.2) is 33.9 Å². The van der Waals surface area contributed by atoms with E-state index in [1.54, 1.807) is 12.3 Å². The maximum Gasteiger partial charge on any atom is 0.254 e. The van der Waals surface area contributed by atoms with Crippen LogP contribution in [0.4, 0.5) is 0 Å². The van der Waals surface area contributed by atoms with Crippen LogP contribution in [0.25, 0.3) is 11.0 Å². The first-order valence-corrected chi connectivity index (χ1v) is 8.98. The lowest BCUT2D eigenvalue weighted by Gasteiger charge is -2.32. The molecule has 0 bridgehead atoms. The van der Waals surface area contributed by atoms with Crippen molar-refractivity contribution in [3.63, 3.8) is 0 Å². The number of hydrogen-bond acceptors (Lipinski definition) is 2. The molecule has 1 aromatic carbocycles. The third-order valence-electron chi connectivity index (χ3n) is 5.12. The lowest BCUT2D eigenvalue weighted by Crippen LogP contribution is -2.38. The van der Waals surface area contributed by atoms with Crippen molar-refractivity contribution in [3.8, 4) is 0 Å². The largest absolute Gasteiger partial charge is 0.346 e. The number of rotatable bonds is 2. The summed E-state index contributed by atoms with van der Waals surface area (Å²) in [7, 11) is 0. The van der Waals surface area contributed by atoms with Gasteiger partial charge >= 0.3 is 0 Å². The molecule has 25 heavy (non-hydrogen) atoms. The summed E-state index contributed by atoms with van der Waals surface area (Å²) in [5.74, 6) is 0.571. The van der Waals surface area contributed by atoms with Crippen molar-refractivity contribution in [3.05, 3.63) is 64.4 Å². The molecule has 1 amide bonds. The number of nitrogens with zero attached hydrogens (tertiary/aromatic N) is 2. The molecule has 0 atom stereocenters. The van der Waals surface area contributed by atoms with Crippen molar-refractivity contribution < 1.29 is 4.79 Å². The van der Waals surface area contributed by atoms with Gasteiger partial charge in [-0.05, 0) is 67.1 Å². The first-order valence-electron chi connectivity index (χ1n) is 8.61. The van der Waals surface area contributed by atoms with E-state index in [9.17, 15) is 4.79 Å². The SMILES string of the molecule is Cc1cc(Cl)ccc1C(=O)N1CCC(c2c[nH]c3ncccc23)CC1. The van der Waals surface area contributed by atoms with Gasteiger partial charge in [-0.25, -0.2) is 4.98 Å². The lowest BCUT2D eigenvalue weighted by atomic mass is 9.89. The number of aromatic amines is 1. The molecule has 1 fully saturated rings. The zero-order valence-corrected chi connectivity index (χ0v) is 14.9. The van der Waals surface area contributed by atoms with Gasteiger partial charge in [-0.15, -0.1) is 0 Å². The number of halogens is 1. The molecule has 1 aliphatic rings. The van der Waals surface area contributed by atoms with Gasteiger partial charge < -0.3 is 9.88 Å². The highest BCUT2D eigenvalue weighted by molar-refractivity contribution is 6.30. The zero-order chi connectivity index (χ0) is 17.4. The fraction of sp³-hybridized carbons (Fsp3) is 0.300. The molecule has 5 heteroatoms. The van der Waals surface area contributed by atoms with Crippen LogP contribution in [0.5, 0.6) is 0 Å². The molecule has 1 aliphatic heterocycles. The van der Waals surface area contributed by atoms with Crippen LogP contribution in [0.3, 0.4) is 0 Å². The number of carbonyl (C=O) groups excluding carboxylic acids is 1. The Morgan fingerprint density at radius 2 is 2.08 bits per heavy atom. The van der Waals surface area contributed by atoms with Gasteiger partial charge in [0, 0.05) is 41.5 Å². The van der Waals surface area contributed by atoms with Crippen molar-refractivity contribution in [2.75, 3.05) is 13.1 Å². The maximum absolute atomic E-state index is 12.8. The van der Waals surface area contributed by atoms with Gasteiger partial charge in [0.1, 0.15) is 5.65 Å². The number of aromatic nitrogens is 2. The first kappa shape index (κ1) is 16.2. The molecular formula is C20H20ClN3O. The van der Waals surface area contributed by atoms with E-state index in [0.29, 0.717) is 10.9 Å². The Kier molecular flexibility index (Phi) is 4.22. The monoisotopic (exact) mass is 353 g/mol. The van der Waals surface area contributed by atoms with Crippen molar-refractivity contribution in [2.24, 2.45) is 0 Å². The average Bonchev–Trinajstić information content (AvgIpc) is 3.05. The van der Waals surface area contributed by atoms with Gasteiger partial charge in [-0.3, -0.25) is 4.79 Å². The van der Waals surface area contributed by atoms with Crippen molar-refractivity contribution in [2.45, 2.75) is 25.7 Å². The van der Waals surface area contributed by atoms with E-state index in [1.807, 2.05) is 30.0 Å². The molecule has 4 rings (SSSR count). The third-order valence-corrected chi connectivity index (χ3v) is 5.36. The quantitative estimate of drug-likeness (QED) is 0.735. The number of benzene rings is 1. The van der Waals surface area contributed by atoms with Gasteiger partial charge in [-0.2, -0.15) is 0 Å². The minimum Gasteiger partial charge on any atom is -0.346 e. The lowest BCUT2D eigenvalue weighted by molar-refractivity contribution is 0.0712. The van der Waals surface area contributed by atoms with E-state index in [0.717, 1.165) is 42.7 Å². The number of pyridine rings is 1. The Balaban J connectivity index is 1.49. The highest BCUT2D eigenvalue weighted by Crippen LogP contribution is 2.33. The van der Waals surface area contributed by atoms with Gasteiger partial charge in [-0.1, -0.05) is 11.6 Å². The highest BCUT2D eigenvalue weighted by Gasteiger charge is 2.26. The zero-order valence-electron chi connectivity index (χ0n) is 14.1. The first-order chi connectivity index (χ1) is 12.1. The van der Waals surface area contributed by atoms with Gasteiger partial charge in [0.2, 0.25) is 0 Å². The fourth-order valence-corrected chi connectivity index (χ4v) is 3.97. The average molecular weight is 354 g/mol. The van der Waals surface area contributed by atoms with Crippen LogP contribution in [0.1, 0.15) is 40.2 Å².